The number of carbonyl (C=O) groups is 1. The number of sulfonamides is 1. The van der Waals surface area contributed by atoms with Crippen molar-refractivity contribution < 1.29 is 17.9 Å². The number of aryl methyl sites for hydroxylation is 3. The Hall–Kier alpha value is -3.32. The molecule has 1 amide bonds. The van der Waals surface area contributed by atoms with Crippen LogP contribution in [0.2, 0.25) is 0 Å². The van der Waals surface area contributed by atoms with Crippen molar-refractivity contribution in [1.82, 2.24) is 0 Å². The SMILES string of the molecule is COc1ccc(NS(=O)(=O)c2ccc(C)c(C(=O)Nc3ccc4c(c3)CCC4)c2)cc1. The predicted octanol–water partition coefficient (Wildman–Crippen LogP) is 4.55. The number of fused-ring (bicyclic) bond motifs is 1. The highest BCUT2D eigenvalue weighted by atomic mass is 32.2. The van der Waals surface area contributed by atoms with E-state index in [0.717, 1.165) is 24.9 Å². The summed E-state index contributed by atoms with van der Waals surface area (Å²) < 4.78 is 33.3. The Bertz CT molecular complexity index is 1230. The molecule has 0 unspecified atom stereocenters. The fraction of sp³-hybridized carbons (Fsp3) is 0.208. The summed E-state index contributed by atoms with van der Waals surface area (Å²) in [6.45, 7) is 1.78. The lowest BCUT2D eigenvalue weighted by Crippen LogP contribution is -2.17. The maximum Gasteiger partial charge on any atom is 0.261 e. The van der Waals surface area contributed by atoms with Crippen LogP contribution in [0.15, 0.2) is 65.6 Å². The third-order valence-electron chi connectivity index (χ3n) is 5.46. The van der Waals surface area contributed by atoms with Gasteiger partial charge in [0.05, 0.1) is 12.0 Å². The summed E-state index contributed by atoms with van der Waals surface area (Å²) in [5, 5.41) is 2.90. The largest absolute Gasteiger partial charge is 0.497 e. The Morgan fingerprint density at radius 2 is 1.61 bits per heavy atom. The molecule has 4 rings (SSSR count). The van der Waals surface area contributed by atoms with E-state index in [2.05, 4.69) is 10.0 Å². The van der Waals surface area contributed by atoms with Gasteiger partial charge < -0.3 is 10.1 Å². The molecule has 0 fully saturated rings. The molecule has 0 saturated heterocycles. The van der Waals surface area contributed by atoms with Crippen molar-refractivity contribution in [3.63, 3.8) is 0 Å². The van der Waals surface area contributed by atoms with Crippen molar-refractivity contribution in [2.24, 2.45) is 0 Å². The van der Waals surface area contributed by atoms with Gasteiger partial charge >= 0.3 is 0 Å². The lowest BCUT2D eigenvalue weighted by atomic mass is 10.1. The van der Waals surface area contributed by atoms with Crippen molar-refractivity contribution in [2.45, 2.75) is 31.1 Å². The highest BCUT2D eigenvalue weighted by molar-refractivity contribution is 7.92. The van der Waals surface area contributed by atoms with Crippen molar-refractivity contribution >= 4 is 27.3 Å². The van der Waals surface area contributed by atoms with Crippen LogP contribution in [-0.4, -0.2) is 21.4 Å². The van der Waals surface area contributed by atoms with Crippen LogP contribution in [0.4, 0.5) is 11.4 Å². The molecular weight excluding hydrogens is 412 g/mol. The van der Waals surface area contributed by atoms with Gasteiger partial charge in [0.15, 0.2) is 0 Å². The molecule has 7 heteroatoms. The van der Waals surface area contributed by atoms with Crippen LogP contribution in [0.1, 0.15) is 33.5 Å². The molecule has 31 heavy (non-hydrogen) atoms. The van der Waals surface area contributed by atoms with Gasteiger partial charge in [0.2, 0.25) is 0 Å². The van der Waals surface area contributed by atoms with E-state index in [1.807, 2.05) is 18.2 Å². The van der Waals surface area contributed by atoms with Gasteiger partial charge in [-0.1, -0.05) is 12.1 Å². The molecule has 0 bridgehead atoms. The molecule has 0 aliphatic heterocycles. The molecule has 3 aromatic carbocycles. The number of nitrogens with one attached hydrogen (secondary N) is 2. The van der Waals surface area contributed by atoms with Crippen LogP contribution in [0, 0.1) is 6.92 Å². The molecule has 2 N–H and O–H groups in total. The van der Waals surface area contributed by atoms with E-state index in [4.69, 9.17) is 4.74 Å². The fourth-order valence-electron chi connectivity index (χ4n) is 3.73. The van der Waals surface area contributed by atoms with Crippen molar-refractivity contribution in [3.05, 3.63) is 82.9 Å². The van der Waals surface area contributed by atoms with Crippen molar-refractivity contribution in [1.29, 1.82) is 0 Å². The van der Waals surface area contributed by atoms with Gasteiger partial charge in [-0.3, -0.25) is 9.52 Å². The quantitative estimate of drug-likeness (QED) is 0.594. The number of hydrogen-bond acceptors (Lipinski definition) is 4. The zero-order valence-corrected chi connectivity index (χ0v) is 18.3. The molecule has 3 aromatic rings. The third-order valence-corrected chi connectivity index (χ3v) is 6.84. The second-order valence-corrected chi connectivity index (χ2v) is 9.28. The number of hydrogen-bond donors (Lipinski definition) is 2. The molecule has 0 saturated carbocycles. The summed E-state index contributed by atoms with van der Waals surface area (Å²) in [5.41, 5.74) is 4.72. The maximum atomic E-state index is 12.9. The Morgan fingerprint density at radius 1 is 0.903 bits per heavy atom. The van der Waals surface area contributed by atoms with Gasteiger partial charge in [-0.25, -0.2) is 8.42 Å². The van der Waals surface area contributed by atoms with Crippen LogP contribution in [0.3, 0.4) is 0 Å². The fourth-order valence-corrected chi connectivity index (χ4v) is 4.82. The summed E-state index contributed by atoms with van der Waals surface area (Å²) in [7, 11) is -2.31. The van der Waals surface area contributed by atoms with Crippen LogP contribution < -0.4 is 14.8 Å². The Balaban J connectivity index is 1.56. The van der Waals surface area contributed by atoms with E-state index in [-0.39, 0.29) is 10.8 Å². The molecular formula is C24H24N2O4S. The molecule has 160 valence electrons. The van der Waals surface area contributed by atoms with E-state index in [0.29, 0.717) is 22.6 Å². The molecule has 0 spiro atoms. The number of amides is 1. The van der Waals surface area contributed by atoms with Crippen molar-refractivity contribution in [3.8, 4) is 5.75 Å². The highest BCUT2D eigenvalue weighted by Gasteiger charge is 2.19. The average molecular weight is 437 g/mol. The Labute approximate surface area is 182 Å². The smallest absolute Gasteiger partial charge is 0.261 e. The third kappa shape index (κ3) is 4.56. The average Bonchev–Trinajstić information content (AvgIpc) is 3.22. The van der Waals surface area contributed by atoms with Gasteiger partial charge in [0.25, 0.3) is 15.9 Å². The number of ether oxygens (including phenoxy) is 1. The molecule has 0 aromatic heterocycles. The van der Waals surface area contributed by atoms with Crippen LogP contribution in [0.5, 0.6) is 5.75 Å². The minimum atomic E-state index is -3.86. The summed E-state index contributed by atoms with van der Waals surface area (Å²) in [5.74, 6) is 0.292. The summed E-state index contributed by atoms with van der Waals surface area (Å²) in [6.07, 6.45) is 3.22. The monoisotopic (exact) mass is 436 g/mol. The van der Waals surface area contributed by atoms with Crippen LogP contribution >= 0.6 is 0 Å². The first-order valence-corrected chi connectivity index (χ1v) is 11.5. The second kappa shape index (κ2) is 8.43. The van der Waals surface area contributed by atoms with Gasteiger partial charge in [0.1, 0.15) is 5.75 Å². The molecule has 0 heterocycles. The van der Waals surface area contributed by atoms with Gasteiger partial charge in [-0.2, -0.15) is 0 Å². The predicted molar refractivity (Wildman–Crippen MR) is 121 cm³/mol. The minimum absolute atomic E-state index is 0.0213. The standard InChI is InChI=1S/C24H24N2O4S/c1-16-6-13-22(31(28,29)26-19-9-11-21(30-2)12-10-19)15-23(16)24(27)25-20-8-7-17-4-3-5-18(17)14-20/h6-15,26H,3-5H2,1-2H3,(H,25,27). The van der Waals surface area contributed by atoms with E-state index in [1.165, 1.54) is 23.3 Å². The second-order valence-electron chi connectivity index (χ2n) is 7.60. The zero-order valence-electron chi connectivity index (χ0n) is 17.4. The zero-order chi connectivity index (χ0) is 22.0. The first kappa shape index (κ1) is 20.9. The number of carbonyl (C=O) groups excluding carboxylic acids is 1. The topological polar surface area (TPSA) is 84.5 Å². The first-order chi connectivity index (χ1) is 14.9. The molecule has 6 nitrogen and oxygen atoms in total. The van der Waals surface area contributed by atoms with E-state index < -0.39 is 10.0 Å². The minimum Gasteiger partial charge on any atom is -0.497 e. The molecule has 1 aliphatic rings. The number of benzene rings is 3. The highest BCUT2D eigenvalue weighted by Crippen LogP contribution is 2.26. The number of methoxy groups -OCH3 is 1. The lowest BCUT2D eigenvalue weighted by molar-refractivity contribution is 0.102. The van der Waals surface area contributed by atoms with E-state index in [9.17, 15) is 13.2 Å². The summed E-state index contributed by atoms with van der Waals surface area (Å²) in [6, 6.07) is 17.1. The normalized spacial score (nSPS) is 12.8. The Kier molecular flexibility index (Phi) is 5.69. The number of anilines is 2. The van der Waals surface area contributed by atoms with Gasteiger partial charge in [-0.05, 0) is 91.4 Å². The van der Waals surface area contributed by atoms with Crippen LogP contribution in [0.25, 0.3) is 0 Å². The van der Waals surface area contributed by atoms with E-state index >= 15 is 0 Å². The Morgan fingerprint density at radius 3 is 2.35 bits per heavy atom. The lowest BCUT2D eigenvalue weighted by Gasteiger charge is -2.13. The van der Waals surface area contributed by atoms with Gasteiger partial charge in [-0.15, -0.1) is 0 Å². The van der Waals surface area contributed by atoms with Crippen molar-refractivity contribution in [2.75, 3.05) is 17.1 Å². The first-order valence-electron chi connectivity index (χ1n) is 10.1. The number of rotatable bonds is 6. The summed E-state index contributed by atoms with van der Waals surface area (Å²) >= 11 is 0. The van der Waals surface area contributed by atoms with E-state index in [1.54, 1.807) is 44.4 Å². The van der Waals surface area contributed by atoms with Gasteiger partial charge in [0, 0.05) is 16.9 Å². The molecule has 0 atom stereocenters. The molecule has 0 radical (unpaired) electrons. The molecule has 1 aliphatic carbocycles. The summed E-state index contributed by atoms with van der Waals surface area (Å²) in [4.78, 5) is 12.9. The van der Waals surface area contributed by atoms with Crippen LogP contribution in [-0.2, 0) is 22.9 Å². The maximum absolute atomic E-state index is 12.9.